The van der Waals surface area contributed by atoms with Crippen LogP contribution in [0.4, 0.5) is 10.1 Å². The average Bonchev–Trinajstić information content (AvgIpc) is 2.89. The van der Waals surface area contributed by atoms with Gasteiger partial charge in [0.1, 0.15) is 18.4 Å². The normalized spacial score (nSPS) is 12.0. The highest BCUT2D eigenvalue weighted by Crippen LogP contribution is 2.26. The number of carbonyl (C=O) groups is 2. The Morgan fingerprint density at radius 2 is 1.55 bits per heavy atom. The van der Waals surface area contributed by atoms with Crippen LogP contribution in [-0.4, -0.2) is 44.3 Å². The van der Waals surface area contributed by atoms with E-state index in [1.54, 1.807) is 50.2 Å². The van der Waals surface area contributed by atoms with Gasteiger partial charge in [-0.3, -0.25) is 13.9 Å². The summed E-state index contributed by atoms with van der Waals surface area (Å²) >= 11 is 3.36. The van der Waals surface area contributed by atoms with Crippen LogP contribution in [-0.2, 0) is 26.2 Å². The van der Waals surface area contributed by atoms with Crippen molar-refractivity contribution in [3.05, 3.63) is 94.2 Å². The molecule has 10 heteroatoms. The van der Waals surface area contributed by atoms with Crippen molar-refractivity contribution in [3.63, 3.8) is 0 Å². The Balaban J connectivity index is 2.04. The first-order chi connectivity index (χ1) is 18.1. The van der Waals surface area contributed by atoms with E-state index in [9.17, 15) is 22.4 Å². The SMILES string of the molecule is CCNC(=O)[C@@H](CC)N(Cc1ccc(F)cc1)C(=O)CN(c1ccc(Br)cc1)S(=O)(=O)c1ccc(C)cc1. The Morgan fingerprint density at radius 1 is 0.947 bits per heavy atom. The van der Waals surface area contributed by atoms with Crippen molar-refractivity contribution in [3.8, 4) is 0 Å². The van der Waals surface area contributed by atoms with Gasteiger partial charge in [0.15, 0.2) is 0 Å². The van der Waals surface area contributed by atoms with Crippen LogP contribution in [0, 0.1) is 12.7 Å². The maximum Gasteiger partial charge on any atom is 0.264 e. The number of hydrogen-bond acceptors (Lipinski definition) is 4. The van der Waals surface area contributed by atoms with E-state index >= 15 is 0 Å². The summed E-state index contributed by atoms with van der Waals surface area (Å²) < 4.78 is 42.9. The minimum absolute atomic E-state index is 0.00745. The van der Waals surface area contributed by atoms with Crippen molar-refractivity contribution in [1.29, 1.82) is 0 Å². The Labute approximate surface area is 231 Å². The van der Waals surface area contributed by atoms with Crippen LogP contribution in [0.5, 0.6) is 0 Å². The van der Waals surface area contributed by atoms with E-state index < -0.39 is 34.3 Å². The molecule has 0 aliphatic rings. The molecule has 3 aromatic carbocycles. The predicted molar refractivity (Wildman–Crippen MR) is 150 cm³/mol. The maximum atomic E-state index is 13.9. The zero-order valence-electron chi connectivity index (χ0n) is 21.5. The second kappa shape index (κ2) is 13.0. The van der Waals surface area contributed by atoms with Crippen molar-refractivity contribution in [2.24, 2.45) is 0 Å². The number of sulfonamides is 1. The van der Waals surface area contributed by atoms with Gasteiger partial charge in [-0.1, -0.05) is 52.7 Å². The lowest BCUT2D eigenvalue weighted by atomic mass is 10.1. The molecule has 0 aromatic heterocycles. The number of aryl methyl sites for hydroxylation is 1. The van der Waals surface area contributed by atoms with Gasteiger partial charge < -0.3 is 10.2 Å². The highest BCUT2D eigenvalue weighted by atomic mass is 79.9. The molecule has 3 rings (SSSR count). The number of anilines is 1. The lowest BCUT2D eigenvalue weighted by Crippen LogP contribution is -2.52. The number of nitrogens with one attached hydrogen (secondary N) is 1. The van der Waals surface area contributed by atoms with Crippen molar-refractivity contribution < 1.29 is 22.4 Å². The minimum atomic E-state index is -4.13. The Morgan fingerprint density at radius 3 is 2.11 bits per heavy atom. The highest BCUT2D eigenvalue weighted by molar-refractivity contribution is 9.10. The molecule has 0 fully saturated rings. The Kier molecular flexibility index (Phi) is 10.0. The van der Waals surface area contributed by atoms with Gasteiger partial charge in [-0.15, -0.1) is 0 Å². The zero-order chi connectivity index (χ0) is 27.9. The third kappa shape index (κ3) is 7.20. The van der Waals surface area contributed by atoms with Gasteiger partial charge in [0, 0.05) is 17.6 Å². The first kappa shape index (κ1) is 29.3. The summed E-state index contributed by atoms with van der Waals surface area (Å²) in [5, 5.41) is 2.75. The Hall–Kier alpha value is -3.24. The van der Waals surface area contributed by atoms with Crippen molar-refractivity contribution in [2.45, 2.75) is 44.7 Å². The quantitative estimate of drug-likeness (QED) is 0.333. The Bertz CT molecular complexity index is 1350. The van der Waals surface area contributed by atoms with Gasteiger partial charge in [0.2, 0.25) is 11.8 Å². The molecule has 0 aliphatic carbocycles. The molecule has 202 valence electrons. The molecule has 0 saturated carbocycles. The molecule has 0 spiro atoms. The number of rotatable bonds is 11. The molecule has 1 N–H and O–H groups in total. The summed E-state index contributed by atoms with van der Waals surface area (Å²) in [4.78, 5) is 28.2. The topological polar surface area (TPSA) is 86.8 Å². The summed E-state index contributed by atoms with van der Waals surface area (Å²) in [5.41, 5.74) is 1.81. The van der Waals surface area contributed by atoms with E-state index in [1.807, 2.05) is 6.92 Å². The molecular weight excluding hydrogens is 573 g/mol. The first-order valence-electron chi connectivity index (χ1n) is 12.2. The third-order valence-electron chi connectivity index (χ3n) is 6.01. The van der Waals surface area contributed by atoms with Crippen molar-refractivity contribution >= 4 is 43.5 Å². The molecule has 1 atom stereocenters. The molecule has 7 nitrogen and oxygen atoms in total. The molecule has 0 radical (unpaired) electrons. The monoisotopic (exact) mass is 603 g/mol. The van der Waals surface area contributed by atoms with E-state index in [4.69, 9.17) is 0 Å². The smallest absolute Gasteiger partial charge is 0.264 e. The molecule has 0 unspecified atom stereocenters. The predicted octanol–water partition coefficient (Wildman–Crippen LogP) is 5.04. The molecule has 0 bridgehead atoms. The molecular formula is C28H31BrFN3O4S. The maximum absolute atomic E-state index is 13.9. The molecule has 0 saturated heterocycles. The fraction of sp³-hybridized carbons (Fsp3) is 0.286. The van der Waals surface area contributed by atoms with Gasteiger partial charge in [-0.2, -0.15) is 0 Å². The molecule has 0 aliphatic heterocycles. The van der Waals surface area contributed by atoms with Gasteiger partial charge in [-0.05, 0) is 74.4 Å². The number of amides is 2. The summed E-state index contributed by atoms with van der Waals surface area (Å²) in [5.74, 6) is -1.33. The van der Waals surface area contributed by atoms with Crippen molar-refractivity contribution in [2.75, 3.05) is 17.4 Å². The second-order valence-electron chi connectivity index (χ2n) is 8.77. The molecule has 2 amide bonds. The third-order valence-corrected chi connectivity index (χ3v) is 8.32. The minimum Gasteiger partial charge on any atom is -0.355 e. The van der Waals surface area contributed by atoms with E-state index in [1.165, 1.54) is 41.3 Å². The van der Waals surface area contributed by atoms with Crippen LogP contribution in [0.25, 0.3) is 0 Å². The van der Waals surface area contributed by atoms with E-state index in [-0.39, 0.29) is 17.3 Å². The van der Waals surface area contributed by atoms with Gasteiger partial charge in [0.05, 0.1) is 10.6 Å². The van der Waals surface area contributed by atoms with E-state index in [0.717, 1.165) is 14.3 Å². The summed E-state index contributed by atoms with van der Waals surface area (Å²) in [6, 6.07) is 17.8. The first-order valence-corrected chi connectivity index (χ1v) is 14.5. The van der Waals surface area contributed by atoms with Crippen molar-refractivity contribution in [1.82, 2.24) is 10.2 Å². The van der Waals surface area contributed by atoms with Crippen LogP contribution >= 0.6 is 15.9 Å². The lowest BCUT2D eigenvalue weighted by Gasteiger charge is -2.33. The summed E-state index contributed by atoms with van der Waals surface area (Å²) in [6.07, 6.45) is 0.307. The van der Waals surface area contributed by atoms with Crippen LogP contribution in [0.1, 0.15) is 31.4 Å². The van der Waals surface area contributed by atoms with Gasteiger partial charge in [0.25, 0.3) is 10.0 Å². The number of hydrogen-bond donors (Lipinski definition) is 1. The number of nitrogens with zero attached hydrogens (tertiary/aromatic N) is 2. The fourth-order valence-electron chi connectivity index (χ4n) is 3.97. The van der Waals surface area contributed by atoms with E-state index in [2.05, 4.69) is 21.2 Å². The standard InChI is InChI=1S/C28H31BrFN3O4S/c1-4-26(28(35)31-5-2)32(18-21-8-12-23(30)13-9-21)27(34)19-33(24-14-10-22(29)11-15-24)38(36,37)25-16-6-20(3)7-17-25/h6-17,26H,4-5,18-19H2,1-3H3,(H,31,35)/t26-/m1/s1. The van der Waals surface area contributed by atoms with Gasteiger partial charge in [-0.25, -0.2) is 12.8 Å². The van der Waals surface area contributed by atoms with Crippen LogP contribution in [0.15, 0.2) is 82.2 Å². The van der Waals surface area contributed by atoms with E-state index in [0.29, 0.717) is 24.2 Å². The number of halogens is 2. The molecule has 0 heterocycles. The van der Waals surface area contributed by atoms with Gasteiger partial charge >= 0.3 is 0 Å². The average molecular weight is 605 g/mol. The molecule has 3 aromatic rings. The lowest BCUT2D eigenvalue weighted by molar-refractivity contribution is -0.140. The molecule has 38 heavy (non-hydrogen) atoms. The summed E-state index contributed by atoms with van der Waals surface area (Å²) in [7, 11) is -4.13. The second-order valence-corrected chi connectivity index (χ2v) is 11.5. The largest absolute Gasteiger partial charge is 0.355 e. The van der Waals surface area contributed by atoms with Crippen LogP contribution in [0.3, 0.4) is 0 Å². The fourth-order valence-corrected chi connectivity index (χ4v) is 5.65. The number of carbonyl (C=O) groups excluding carboxylic acids is 2. The number of likely N-dealkylation sites (N-methyl/N-ethyl adjacent to an activating group) is 1. The highest BCUT2D eigenvalue weighted by Gasteiger charge is 2.33. The van der Waals surface area contributed by atoms with Crippen LogP contribution in [0.2, 0.25) is 0 Å². The number of benzene rings is 3. The van der Waals surface area contributed by atoms with Crippen LogP contribution < -0.4 is 9.62 Å². The zero-order valence-corrected chi connectivity index (χ0v) is 23.9. The summed E-state index contributed by atoms with van der Waals surface area (Å²) in [6.45, 7) is 5.26.